The van der Waals surface area contributed by atoms with Gasteiger partial charge in [0.15, 0.2) is 11.2 Å². The topological polar surface area (TPSA) is 73.1 Å². The van der Waals surface area contributed by atoms with Gasteiger partial charge in [0.05, 0.1) is 0 Å². The van der Waals surface area contributed by atoms with Crippen LogP contribution in [0, 0.1) is 34.5 Å². The number of nitro groups is 1. The van der Waals surface area contributed by atoms with Gasteiger partial charge in [0, 0.05) is 31.9 Å². The van der Waals surface area contributed by atoms with E-state index in [9.17, 15) is 28.1 Å². The molecule has 0 aliphatic rings. The zero-order valence-corrected chi connectivity index (χ0v) is 17.6. The molecule has 1 aromatic carbocycles. The molecule has 2 aromatic rings. The van der Waals surface area contributed by atoms with Gasteiger partial charge in [-0.15, -0.1) is 0 Å². The Hall–Kier alpha value is -2.04. The minimum absolute atomic E-state index is 0.0811. The highest BCUT2D eigenvalue weighted by Gasteiger charge is 2.61. The fourth-order valence-corrected chi connectivity index (χ4v) is 3.56. The molecule has 0 aliphatic heterocycles. The highest BCUT2D eigenvalue weighted by atomic mass is 127. The van der Waals surface area contributed by atoms with Crippen LogP contribution in [0.5, 0.6) is 0 Å². The van der Waals surface area contributed by atoms with Crippen molar-refractivity contribution in [1.29, 1.82) is 0 Å². The van der Waals surface area contributed by atoms with E-state index in [1.54, 1.807) is 19.1 Å². The number of benzene rings is 1. The van der Waals surface area contributed by atoms with Gasteiger partial charge in [-0.2, -0.15) is 13.2 Å². The maximum Gasteiger partial charge on any atom is 0.405 e. The average molecular weight is 506 g/mol. The number of halogens is 4. The number of alkyl halides is 3. The number of hydrogen-bond donors (Lipinski definition) is 0. The van der Waals surface area contributed by atoms with Crippen molar-refractivity contribution in [2.45, 2.75) is 38.8 Å². The molecule has 1 unspecified atom stereocenters. The molecule has 150 valence electrons. The molecule has 0 saturated heterocycles. The van der Waals surface area contributed by atoms with Gasteiger partial charge in [-0.3, -0.25) is 19.9 Å². The first kappa shape index (κ1) is 22.3. The van der Waals surface area contributed by atoms with Gasteiger partial charge < -0.3 is 0 Å². The number of nitrogens with zero attached hydrogens (tertiary/aromatic N) is 2. The highest BCUT2D eigenvalue weighted by Crippen LogP contribution is 2.46. The quantitative estimate of drug-likeness (QED) is 0.240. The van der Waals surface area contributed by atoms with Crippen LogP contribution in [0.4, 0.5) is 13.2 Å². The third-order valence-corrected chi connectivity index (χ3v) is 5.45. The Bertz CT molecular complexity index is 914. The summed E-state index contributed by atoms with van der Waals surface area (Å²) < 4.78 is 43.8. The van der Waals surface area contributed by atoms with E-state index in [2.05, 4.69) is 4.98 Å². The molecular formula is C19H18F3IN2O3. The van der Waals surface area contributed by atoms with E-state index < -0.39 is 35.3 Å². The molecular weight excluding hydrogens is 488 g/mol. The normalized spacial score (nSPS) is 13.8. The summed E-state index contributed by atoms with van der Waals surface area (Å²) in [6, 6.07) is 7.24. The minimum Gasteiger partial charge on any atom is -0.294 e. The largest absolute Gasteiger partial charge is 0.405 e. The summed E-state index contributed by atoms with van der Waals surface area (Å²) in [5, 5.41) is 11.3. The third kappa shape index (κ3) is 4.50. The van der Waals surface area contributed by atoms with Gasteiger partial charge in [-0.05, 0) is 72.7 Å². The Morgan fingerprint density at radius 1 is 1.18 bits per heavy atom. The van der Waals surface area contributed by atoms with Crippen molar-refractivity contribution >= 4 is 28.4 Å². The molecule has 0 spiro atoms. The Balaban J connectivity index is 2.70. The third-order valence-electron chi connectivity index (χ3n) is 4.73. The molecule has 0 bridgehead atoms. The van der Waals surface area contributed by atoms with Gasteiger partial charge in [-0.25, -0.2) is 0 Å². The molecule has 0 N–H and O–H groups in total. The predicted octanol–water partition coefficient (Wildman–Crippen LogP) is 4.96. The first-order chi connectivity index (χ1) is 12.9. The Morgan fingerprint density at radius 2 is 1.75 bits per heavy atom. The van der Waals surface area contributed by atoms with Gasteiger partial charge >= 0.3 is 6.18 Å². The van der Waals surface area contributed by atoms with Crippen LogP contribution < -0.4 is 0 Å². The summed E-state index contributed by atoms with van der Waals surface area (Å²) in [4.78, 5) is 27.1. The number of carbonyl (C=O) groups is 1. The van der Waals surface area contributed by atoms with Crippen LogP contribution >= 0.6 is 22.6 Å². The molecule has 0 saturated carbocycles. The lowest BCUT2D eigenvalue weighted by molar-refractivity contribution is -0.501. The molecule has 0 fully saturated rings. The molecule has 1 aromatic heterocycles. The number of hydrogen-bond acceptors (Lipinski definition) is 4. The van der Waals surface area contributed by atoms with Crippen LogP contribution in [0.1, 0.15) is 39.3 Å². The van der Waals surface area contributed by atoms with E-state index in [0.717, 1.165) is 3.57 Å². The summed E-state index contributed by atoms with van der Waals surface area (Å²) in [6.45, 7) is 3.06. The summed E-state index contributed by atoms with van der Waals surface area (Å²) in [6.07, 6.45) is -6.06. The minimum atomic E-state index is -5.01. The van der Waals surface area contributed by atoms with Crippen LogP contribution in [0.3, 0.4) is 0 Å². The predicted molar refractivity (Wildman–Crippen MR) is 106 cm³/mol. The van der Waals surface area contributed by atoms with E-state index in [-0.39, 0.29) is 16.7 Å². The summed E-state index contributed by atoms with van der Waals surface area (Å²) in [5.74, 6) is -0.804. The van der Waals surface area contributed by atoms with Crippen molar-refractivity contribution in [1.82, 2.24) is 4.98 Å². The molecule has 0 amide bonds. The number of Topliss-reactive ketones (excluding diaryl/α,β-unsaturated/α-hetero) is 1. The van der Waals surface area contributed by atoms with Crippen molar-refractivity contribution in [3.63, 3.8) is 0 Å². The smallest absolute Gasteiger partial charge is 0.294 e. The number of rotatable bonds is 6. The number of aryl methyl sites for hydroxylation is 2. The second-order valence-corrected chi connectivity index (χ2v) is 7.94. The van der Waals surface area contributed by atoms with Crippen molar-refractivity contribution in [2.24, 2.45) is 0 Å². The zero-order chi connectivity index (χ0) is 21.3. The van der Waals surface area contributed by atoms with Gasteiger partial charge in [0.1, 0.15) is 0 Å². The lowest BCUT2D eigenvalue weighted by Crippen LogP contribution is -2.50. The van der Waals surface area contributed by atoms with E-state index in [4.69, 9.17) is 0 Å². The molecule has 1 heterocycles. The Morgan fingerprint density at radius 3 is 2.25 bits per heavy atom. The maximum atomic E-state index is 14.3. The molecule has 2 rings (SSSR count). The lowest BCUT2D eigenvalue weighted by Gasteiger charge is -2.34. The molecule has 1 atom stereocenters. The Labute approximate surface area is 173 Å². The lowest BCUT2D eigenvalue weighted by atomic mass is 9.72. The van der Waals surface area contributed by atoms with Gasteiger partial charge in [0.25, 0.3) is 0 Å². The number of carbonyl (C=O) groups excluding carboxylic acids is 1. The molecule has 0 radical (unpaired) electrons. The summed E-state index contributed by atoms with van der Waals surface area (Å²) in [7, 11) is 0. The maximum absolute atomic E-state index is 14.3. The van der Waals surface area contributed by atoms with E-state index >= 15 is 0 Å². The van der Waals surface area contributed by atoms with Crippen LogP contribution in [0.25, 0.3) is 0 Å². The number of pyridine rings is 1. The van der Waals surface area contributed by atoms with Crippen LogP contribution in [0.2, 0.25) is 0 Å². The second-order valence-electron chi connectivity index (χ2n) is 6.70. The monoisotopic (exact) mass is 506 g/mol. The second kappa shape index (κ2) is 8.14. The zero-order valence-electron chi connectivity index (χ0n) is 15.4. The molecule has 5 nitrogen and oxygen atoms in total. The van der Waals surface area contributed by atoms with Crippen molar-refractivity contribution in [3.05, 3.63) is 72.1 Å². The van der Waals surface area contributed by atoms with Crippen molar-refractivity contribution < 1.29 is 22.9 Å². The highest BCUT2D eigenvalue weighted by molar-refractivity contribution is 14.1. The Kier molecular flexibility index (Phi) is 6.47. The van der Waals surface area contributed by atoms with Gasteiger partial charge in [0.2, 0.25) is 6.54 Å². The van der Waals surface area contributed by atoms with Crippen molar-refractivity contribution in [3.8, 4) is 0 Å². The average Bonchev–Trinajstić information content (AvgIpc) is 2.56. The SMILES string of the molecule is Cc1cc(C(CC(=O)c2ccc(I)cc2)(C[N+](=O)[O-])C(F)(F)F)c(C)c(C)n1. The molecule has 0 aliphatic carbocycles. The van der Waals surface area contributed by atoms with E-state index in [0.29, 0.717) is 11.4 Å². The summed E-state index contributed by atoms with van der Waals surface area (Å²) >= 11 is 2.01. The standard InChI is InChI=1S/C19H18F3IN2O3/c1-11-8-16(12(2)13(3)24-11)18(10-25(27)28,19(20,21)22)9-17(26)14-4-6-15(23)7-5-14/h4-8H,9-10H2,1-3H3. The number of ketones is 1. The summed E-state index contributed by atoms with van der Waals surface area (Å²) in [5.41, 5.74) is -2.30. The van der Waals surface area contributed by atoms with Crippen LogP contribution in [-0.4, -0.2) is 28.4 Å². The van der Waals surface area contributed by atoms with Gasteiger partial charge in [-0.1, -0.05) is 12.1 Å². The van der Waals surface area contributed by atoms with E-state index in [1.807, 2.05) is 22.6 Å². The number of aromatic nitrogens is 1. The van der Waals surface area contributed by atoms with Crippen LogP contribution in [-0.2, 0) is 5.41 Å². The van der Waals surface area contributed by atoms with Crippen molar-refractivity contribution in [2.75, 3.05) is 6.54 Å². The first-order valence-corrected chi connectivity index (χ1v) is 9.38. The fraction of sp³-hybridized carbons (Fsp3) is 0.368. The van der Waals surface area contributed by atoms with E-state index in [1.165, 1.54) is 32.0 Å². The molecule has 9 heteroatoms. The first-order valence-electron chi connectivity index (χ1n) is 8.30. The fourth-order valence-electron chi connectivity index (χ4n) is 3.20. The molecule has 28 heavy (non-hydrogen) atoms. The van der Waals surface area contributed by atoms with Crippen LogP contribution in [0.15, 0.2) is 30.3 Å².